The predicted octanol–water partition coefficient (Wildman–Crippen LogP) is 4.81. The number of hydrogen-bond acceptors (Lipinski definition) is 4. The molecule has 0 amide bonds. The fraction of sp³-hybridized carbons (Fsp3) is 0.700. The Morgan fingerprint density at radius 3 is 1.92 bits per heavy atom. The minimum atomic E-state index is -0.995. The molecule has 1 aromatic rings. The normalized spacial score (nSPS) is 13.0. The third-order valence-electron chi connectivity index (χ3n) is 4.65. The van der Waals surface area contributed by atoms with Crippen molar-refractivity contribution in [2.24, 2.45) is 5.92 Å². The van der Waals surface area contributed by atoms with E-state index in [1.165, 1.54) is 31.2 Å². The van der Waals surface area contributed by atoms with Gasteiger partial charge in [0.05, 0.1) is 7.11 Å². The number of hydrogen-bond donors (Lipinski definition) is 0. The van der Waals surface area contributed by atoms with Gasteiger partial charge in [-0.2, -0.15) is 0 Å². The molecule has 1 aromatic carbocycles. The van der Waals surface area contributed by atoms with Gasteiger partial charge in [0.1, 0.15) is 5.75 Å². The smallest absolute Gasteiger partial charge is 0.285 e. The van der Waals surface area contributed by atoms with Crippen LogP contribution in [0.3, 0.4) is 0 Å². The second kappa shape index (κ2) is 11.5. The van der Waals surface area contributed by atoms with Gasteiger partial charge in [-0.25, -0.2) is 0 Å². The first-order valence-electron chi connectivity index (χ1n) is 8.94. The summed E-state index contributed by atoms with van der Waals surface area (Å²) in [5.41, 5.74) is 1.23. The van der Waals surface area contributed by atoms with Crippen molar-refractivity contribution in [3.8, 4) is 5.75 Å². The van der Waals surface area contributed by atoms with Crippen molar-refractivity contribution in [2.75, 3.05) is 28.4 Å². The molecule has 0 aliphatic rings. The highest BCUT2D eigenvalue weighted by Crippen LogP contribution is 2.32. The van der Waals surface area contributed by atoms with Crippen LogP contribution in [-0.2, 0) is 20.6 Å². The number of rotatable bonds is 13. The van der Waals surface area contributed by atoms with Crippen LogP contribution in [-0.4, -0.2) is 34.4 Å². The van der Waals surface area contributed by atoms with Crippen LogP contribution in [0.5, 0.6) is 5.75 Å². The first-order chi connectivity index (χ1) is 11.7. The standard InChI is InChI=1S/C20H34O4/c1-6-7-8-9-10-11-18(20(22-3,23-4)24-5)16-17-12-14-19(21-2)15-13-17/h12-15,18H,6-11,16H2,1-5H3. The van der Waals surface area contributed by atoms with E-state index in [2.05, 4.69) is 19.1 Å². The minimum absolute atomic E-state index is 0.132. The summed E-state index contributed by atoms with van der Waals surface area (Å²) in [4.78, 5) is 0. The van der Waals surface area contributed by atoms with Gasteiger partial charge < -0.3 is 18.9 Å². The molecular weight excluding hydrogens is 304 g/mol. The lowest BCUT2D eigenvalue weighted by molar-refractivity contribution is -0.379. The number of benzene rings is 1. The van der Waals surface area contributed by atoms with E-state index in [9.17, 15) is 0 Å². The van der Waals surface area contributed by atoms with Gasteiger partial charge in [-0.05, 0) is 30.5 Å². The maximum absolute atomic E-state index is 5.62. The summed E-state index contributed by atoms with van der Waals surface area (Å²) < 4.78 is 22.1. The summed E-state index contributed by atoms with van der Waals surface area (Å²) in [5, 5.41) is 0. The fourth-order valence-electron chi connectivity index (χ4n) is 3.19. The highest BCUT2D eigenvalue weighted by atomic mass is 16.9. The first kappa shape index (κ1) is 20.9. The summed E-state index contributed by atoms with van der Waals surface area (Å²) in [6.07, 6.45) is 8.07. The predicted molar refractivity (Wildman–Crippen MR) is 97.3 cm³/mol. The van der Waals surface area contributed by atoms with Crippen LogP contribution in [0.1, 0.15) is 51.0 Å². The van der Waals surface area contributed by atoms with Crippen molar-refractivity contribution in [1.82, 2.24) is 0 Å². The summed E-state index contributed by atoms with van der Waals surface area (Å²) in [6, 6.07) is 8.16. The summed E-state index contributed by atoms with van der Waals surface area (Å²) in [7, 11) is 6.61. The Labute approximate surface area is 147 Å². The first-order valence-corrected chi connectivity index (χ1v) is 8.94. The van der Waals surface area contributed by atoms with Crippen LogP contribution < -0.4 is 4.74 Å². The largest absolute Gasteiger partial charge is 0.497 e. The molecule has 4 heteroatoms. The van der Waals surface area contributed by atoms with Crippen molar-refractivity contribution >= 4 is 0 Å². The zero-order chi connectivity index (χ0) is 17.8. The summed E-state index contributed by atoms with van der Waals surface area (Å²) in [5.74, 6) is 0.00361. The van der Waals surface area contributed by atoms with Crippen molar-refractivity contribution in [3.63, 3.8) is 0 Å². The Kier molecular flexibility index (Phi) is 9.99. The molecule has 0 N–H and O–H groups in total. The van der Waals surface area contributed by atoms with Crippen LogP contribution in [0.4, 0.5) is 0 Å². The molecule has 0 aliphatic heterocycles. The van der Waals surface area contributed by atoms with Crippen molar-refractivity contribution in [1.29, 1.82) is 0 Å². The highest BCUT2D eigenvalue weighted by molar-refractivity contribution is 5.27. The second-order valence-corrected chi connectivity index (χ2v) is 6.17. The quantitative estimate of drug-likeness (QED) is 0.382. The molecular formula is C20H34O4. The summed E-state index contributed by atoms with van der Waals surface area (Å²) >= 11 is 0. The highest BCUT2D eigenvalue weighted by Gasteiger charge is 2.39. The SMILES string of the molecule is CCCCCCCC(Cc1ccc(OC)cc1)C(OC)(OC)OC. The molecule has 0 spiro atoms. The molecule has 1 rings (SSSR count). The zero-order valence-corrected chi connectivity index (χ0v) is 16.0. The fourth-order valence-corrected chi connectivity index (χ4v) is 3.19. The molecule has 4 nitrogen and oxygen atoms in total. The van der Waals surface area contributed by atoms with E-state index in [0.29, 0.717) is 0 Å². The van der Waals surface area contributed by atoms with E-state index in [4.69, 9.17) is 18.9 Å². The van der Waals surface area contributed by atoms with Gasteiger partial charge in [-0.1, -0.05) is 51.2 Å². The lowest BCUT2D eigenvalue weighted by Crippen LogP contribution is -2.45. The van der Waals surface area contributed by atoms with Gasteiger partial charge in [-0.15, -0.1) is 0 Å². The van der Waals surface area contributed by atoms with Gasteiger partial charge in [0.15, 0.2) is 0 Å². The molecule has 1 unspecified atom stereocenters. The molecule has 0 saturated heterocycles. The van der Waals surface area contributed by atoms with Gasteiger partial charge in [0.25, 0.3) is 5.97 Å². The van der Waals surface area contributed by atoms with Crippen molar-refractivity contribution in [3.05, 3.63) is 29.8 Å². The van der Waals surface area contributed by atoms with E-state index in [-0.39, 0.29) is 5.92 Å². The van der Waals surface area contributed by atoms with Gasteiger partial charge in [0.2, 0.25) is 0 Å². The molecule has 138 valence electrons. The van der Waals surface area contributed by atoms with Crippen LogP contribution in [0.25, 0.3) is 0 Å². The average molecular weight is 338 g/mol. The molecule has 0 bridgehead atoms. The third kappa shape index (κ3) is 6.08. The van der Waals surface area contributed by atoms with E-state index in [1.54, 1.807) is 28.4 Å². The Morgan fingerprint density at radius 1 is 0.833 bits per heavy atom. The second-order valence-electron chi connectivity index (χ2n) is 6.17. The van der Waals surface area contributed by atoms with E-state index >= 15 is 0 Å². The Morgan fingerprint density at radius 2 is 1.42 bits per heavy atom. The molecule has 24 heavy (non-hydrogen) atoms. The molecule has 1 atom stereocenters. The number of methoxy groups -OCH3 is 4. The molecule has 0 aromatic heterocycles. The molecule has 0 saturated carbocycles. The molecule has 0 heterocycles. The minimum Gasteiger partial charge on any atom is -0.497 e. The topological polar surface area (TPSA) is 36.9 Å². The van der Waals surface area contributed by atoms with Crippen LogP contribution in [0.2, 0.25) is 0 Å². The van der Waals surface area contributed by atoms with Crippen LogP contribution >= 0.6 is 0 Å². The van der Waals surface area contributed by atoms with Gasteiger partial charge in [-0.3, -0.25) is 0 Å². The Bertz CT molecular complexity index is 418. The molecule has 0 aliphatic carbocycles. The number of unbranched alkanes of at least 4 members (excludes halogenated alkanes) is 4. The number of ether oxygens (including phenoxy) is 4. The van der Waals surface area contributed by atoms with Crippen molar-refractivity contribution in [2.45, 2.75) is 57.8 Å². The molecule has 0 radical (unpaired) electrons. The zero-order valence-electron chi connectivity index (χ0n) is 16.0. The lowest BCUT2D eigenvalue weighted by atomic mass is 9.91. The van der Waals surface area contributed by atoms with Crippen LogP contribution in [0.15, 0.2) is 24.3 Å². The van der Waals surface area contributed by atoms with Gasteiger partial charge >= 0.3 is 0 Å². The van der Waals surface area contributed by atoms with E-state index in [0.717, 1.165) is 25.0 Å². The maximum Gasteiger partial charge on any atom is 0.285 e. The van der Waals surface area contributed by atoms with Gasteiger partial charge in [0, 0.05) is 27.2 Å². The average Bonchev–Trinajstić information content (AvgIpc) is 2.63. The monoisotopic (exact) mass is 338 g/mol. The third-order valence-corrected chi connectivity index (χ3v) is 4.65. The lowest BCUT2D eigenvalue weighted by Gasteiger charge is -2.36. The van der Waals surface area contributed by atoms with E-state index in [1.807, 2.05) is 12.1 Å². The Balaban J connectivity index is 2.78. The van der Waals surface area contributed by atoms with E-state index < -0.39 is 5.97 Å². The summed E-state index contributed by atoms with van der Waals surface area (Å²) in [6.45, 7) is 2.23. The maximum atomic E-state index is 5.62. The van der Waals surface area contributed by atoms with Crippen molar-refractivity contribution < 1.29 is 18.9 Å². The Hall–Kier alpha value is -1.10. The van der Waals surface area contributed by atoms with Crippen LogP contribution in [0, 0.1) is 5.92 Å². The molecule has 0 fully saturated rings.